The van der Waals surface area contributed by atoms with Gasteiger partial charge in [-0.2, -0.15) is 0 Å². The minimum absolute atomic E-state index is 0.100. The van der Waals surface area contributed by atoms with Gasteiger partial charge < -0.3 is 20.5 Å². The lowest BCUT2D eigenvalue weighted by Crippen LogP contribution is -2.45. The van der Waals surface area contributed by atoms with Crippen LogP contribution in [0.1, 0.15) is 34.6 Å². The van der Waals surface area contributed by atoms with Gasteiger partial charge in [0.25, 0.3) is 0 Å². The second-order valence-electron chi connectivity index (χ2n) is 6.99. The lowest BCUT2D eigenvalue weighted by atomic mass is 10.2. The van der Waals surface area contributed by atoms with Gasteiger partial charge in [-0.25, -0.2) is 4.39 Å². The molecule has 0 saturated heterocycles. The number of nitrogens with zero attached hydrogens (tertiary/aromatic N) is 2. The largest absolute Gasteiger partial charge is 0.491 e. The Labute approximate surface area is 162 Å². The quantitative estimate of drug-likeness (QED) is 0.405. The Balaban J connectivity index is 2.43. The molecule has 0 aromatic heterocycles. The fourth-order valence-corrected chi connectivity index (χ4v) is 2.73. The van der Waals surface area contributed by atoms with Gasteiger partial charge in [-0.15, -0.1) is 0 Å². The molecular formula is C20H35FN4O2. The molecule has 0 aliphatic heterocycles. The molecule has 1 aromatic rings. The van der Waals surface area contributed by atoms with Crippen molar-refractivity contribution in [2.24, 2.45) is 4.99 Å². The molecule has 1 unspecified atom stereocenters. The molecule has 0 amide bonds. The summed E-state index contributed by atoms with van der Waals surface area (Å²) in [5.74, 6) is 0.875. The molecule has 27 heavy (non-hydrogen) atoms. The Hall–Kier alpha value is -1.86. The zero-order valence-electron chi connectivity index (χ0n) is 17.2. The van der Waals surface area contributed by atoms with E-state index >= 15 is 0 Å². The SMILES string of the molecule is CCNC(=NCC(O)COc1ccc(F)cc1)NCCN(C(C)C)C(C)C. The summed E-state index contributed by atoms with van der Waals surface area (Å²) in [6, 6.07) is 6.68. The van der Waals surface area contributed by atoms with Crippen molar-refractivity contribution in [1.82, 2.24) is 15.5 Å². The highest BCUT2D eigenvalue weighted by molar-refractivity contribution is 5.79. The van der Waals surface area contributed by atoms with Crippen molar-refractivity contribution < 1.29 is 14.2 Å². The van der Waals surface area contributed by atoms with Crippen LogP contribution in [0, 0.1) is 5.82 Å². The summed E-state index contributed by atoms with van der Waals surface area (Å²) >= 11 is 0. The third kappa shape index (κ3) is 9.58. The third-order valence-electron chi connectivity index (χ3n) is 4.05. The normalized spacial score (nSPS) is 13.3. The first-order valence-corrected chi connectivity index (χ1v) is 9.67. The Morgan fingerprint density at radius 2 is 1.78 bits per heavy atom. The molecule has 0 aliphatic rings. The molecule has 0 fully saturated rings. The van der Waals surface area contributed by atoms with Gasteiger partial charge in [-0.05, 0) is 58.9 Å². The number of benzene rings is 1. The van der Waals surface area contributed by atoms with Gasteiger partial charge in [-0.3, -0.25) is 9.89 Å². The zero-order valence-corrected chi connectivity index (χ0v) is 17.2. The molecule has 0 bridgehead atoms. The van der Waals surface area contributed by atoms with Gasteiger partial charge in [0.2, 0.25) is 0 Å². The van der Waals surface area contributed by atoms with E-state index in [-0.39, 0.29) is 19.0 Å². The Kier molecular flexibility index (Phi) is 10.7. The summed E-state index contributed by atoms with van der Waals surface area (Å²) in [6.07, 6.45) is -0.742. The number of rotatable bonds is 11. The summed E-state index contributed by atoms with van der Waals surface area (Å²) in [5, 5.41) is 16.5. The molecule has 1 rings (SSSR count). The highest BCUT2D eigenvalue weighted by Crippen LogP contribution is 2.11. The molecule has 0 radical (unpaired) electrons. The van der Waals surface area contributed by atoms with Crippen LogP contribution in [0.15, 0.2) is 29.3 Å². The van der Waals surface area contributed by atoms with Gasteiger partial charge in [0.15, 0.2) is 5.96 Å². The van der Waals surface area contributed by atoms with Crippen molar-refractivity contribution in [2.45, 2.75) is 52.8 Å². The molecule has 1 atom stereocenters. The van der Waals surface area contributed by atoms with Crippen molar-refractivity contribution in [3.05, 3.63) is 30.1 Å². The standard InChI is InChI=1S/C20H35FN4O2/c1-6-22-20(23-11-12-25(15(2)3)16(4)5)24-13-18(26)14-27-19-9-7-17(21)8-10-19/h7-10,15-16,18,26H,6,11-14H2,1-5H3,(H2,22,23,24). The Bertz CT molecular complexity index is 541. The predicted molar refractivity (Wildman–Crippen MR) is 109 cm³/mol. The monoisotopic (exact) mass is 382 g/mol. The van der Waals surface area contributed by atoms with Crippen LogP contribution in [0.4, 0.5) is 4.39 Å². The number of halogens is 1. The van der Waals surface area contributed by atoms with E-state index in [4.69, 9.17) is 4.74 Å². The topological polar surface area (TPSA) is 69.1 Å². The fourth-order valence-electron chi connectivity index (χ4n) is 2.73. The number of aliphatic imine (C=N–C) groups is 1. The highest BCUT2D eigenvalue weighted by atomic mass is 19.1. The van der Waals surface area contributed by atoms with E-state index in [1.165, 1.54) is 24.3 Å². The van der Waals surface area contributed by atoms with Crippen LogP contribution in [0.5, 0.6) is 5.75 Å². The minimum Gasteiger partial charge on any atom is -0.491 e. The van der Waals surface area contributed by atoms with E-state index in [0.717, 1.165) is 19.6 Å². The summed E-state index contributed by atoms with van der Waals surface area (Å²) in [7, 11) is 0. The second kappa shape index (κ2) is 12.5. The lowest BCUT2D eigenvalue weighted by Gasteiger charge is -2.30. The van der Waals surface area contributed by atoms with E-state index in [2.05, 4.69) is 48.2 Å². The van der Waals surface area contributed by atoms with Gasteiger partial charge in [0.05, 0.1) is 6.54 Å². The predicted octanol–water partition coefficient (Wildman–Crippen LogP) is 2.24. The van der Waals surface area contributed by atoms with Crippen LogP contribution in [-0.4, -0.2) is 66.9 Å². The van der Waals surface area contributed by atoms with Crippen LogP contribution >= 0.6 is 0 Å². The molecule has 0 spiro atoms. The van der Waals surface area contributed by atoms with Crippen molar-refractivity contribution in [3.8, 4) is 5.75 Å². The van der Waals surface area contributed by atoms with E-state index in [9.17, 15) is 9.50 Å². The molecule has 0 heterocycles. The van der Waals surface area contributed by atoms with Crippen LogP contribution in [0.3, 0.4) is 0 Å². The van der Waals surface area contributed by atoms with Crippen molar-refractivity contribution in [3.63, 3.8) is 0 Å². The van der Waals surface area contributed by atoms with Crippen molar-refractivity contribution in [1.29, 1.82) is 0 Å². The van der Waals surface area contributed by atoms with E-state index in [1.807, 2.05) is 6.92 Å². The Morgan fingerprint density at radius 3 is 2.33 bits per heavy atom. The van der Waals surface area contributed by atoms with Gasteiger partial charge in [0, 0.05) is 31.7 Å². The van der Waals surface area contributed by atoms with Gasteiger partial charge >= 0.3 is 0 Å². The maximum atomic E-state index is 12.9. The average Bonchev–Trinajstić information content (AvgIpc) is 2.61. The number of nitrogens with one attached hydrogen (secondary N) is 2. The molecule has 6 nitrogen and oxygen atoms in total. The van der Waals surface area contributed by atoms with E-state index < -0.39 is 6.10 Å². The molecule has 3 N–H and O–H groups in total. The summed E-state index contributed by atoms with van der Waals surface area (Å²) in [5.41, 5.74) is 0. The molecule has 1 aromatic carbocycles. The first kappa shape index (κ1) is 23.2. The zero-order chi connectivity index (χ0) is 20.2. The summed E-state index contributed by atoms with van der Waals surface area (Å²) < 4.78 is 18.3. The molecule has 0 aliphatic carbocycles. The Morgan fingerprint density at radius 1 is 1.15 bits per heavy atom. The lowest BCUT2D eigenvalue weighted by molar-refractivity contribution is 0.114. The average molecular weight is 383 g/mol. The maximum Gasteiger partial charge on any atom is 0.191 e. The first-order chi connectivity index (χ1) is 12.8. The number of aliphatic hydroxyl groups is 1. The summed E-state index contributed by atoms with van der Waals surface area (Å²) in [6.45, 7) is 13.5. The first-order valence-electron chi connectivity index (χ1n) is 9.67. The molecular weight excluding hydrogens is 347 g/mol. The smallest absolute Gasteiger partial charge is 0.191 e. The second-order valence-corrected chi connectivity index (χ2v) is 6.99. The number of ether oxygens (including phenoxy) is 1. The summed E-state index contributed by atoms with van der Waals surface area (Å²) in [4.78, 5) is 6.82. The van der Waals surface area contributed by atoms with Crippen molar-refractivity contribution in [2.75, 3.05) is 32.8 Å². The number of hydrogen-bond acceptors (Lipinski definition) is 4. The third-order valence-corrected chi connectivity index (χ3v) is 4.05. The minimum atomic E-state index is -0.742. The molecule has 7 heteroatoms. The fraction of sp³-hybridized carbons (Fsp3) is 0.650. The van der Waals surface area contributed by atoms with Crippen molar-refractivity contribution >= 4 is 5.96 Å². The number of guanidine groups is 1. The van der Waals surface area contributed by atoms with Crippen LogP contribution in [-0.2, 0) is 0 Å². The van der Waals surface area contributed by atoms with Gasteiger partial charge in [0.1, 0.15) is 24.3 Å². The van der Waals surface area contributed by atoms with Gasteiger partial charge in [-0.1, -0.05) is 0 Å². The molecule has 0 saturated carbocycles. The van der Waals surface area contributed by atoms with Crippen LogP contribution < -0.4 is 15.4 Å². The number of hydrogen-bond donors (Lipinski definition) is 3. The molecule has 154 valence electrons. The number of aliphatic hydroxyl groups excluding tert-OH is 1. The van der Waals surface area contributed by atoms with Crippen LogP contribution in [0.25, 0.3) is 0 Å². The highest BCUT2D eigenvalue weighted by Gasteiger charge is 2.13. The van der Waals surface area contributed by atoms with E-state index in [1.54, 1.807) is 0 Å². The van der Waals surface area contributed by atoms with E-state index in [0.29, 0.717) is 23.8 Å². The maximum absolute atomic E-state index is 12.9. The van der Waals surface area contributed by atoms with Crippen LogP contribution in [0.2, 0.25) is 0 Å².